The van der Waals surface area contributed by atoms with Gasteiger partial charge in [-0.1, -0.05) is 13.3 Å². The van der Waals surface area contributed by atoms with Gasteiger partial charge >= 0.3 is 5.69 Å². The highest BCUT2D eigenvalue weighted by molar-refractivity contribution is 7.15. The average molecular weight is 452 g/mol. The second-order valence-electron chi connectivity index (χ2n) is 7.44. The van der Waals surface area contributed by atoms with Gasteiger partial charge in [-0.3, -0.25) is 23.1 Å². The molecular formula is C21H20N6O4S. The fourth-order valence-electron chi connectivity index (χ4n) is 3.72. The van der Waals surface area contributed by atoms with Crippen molar-refractivity contribution in [3.8, 4) is 0 Å². The van der Waals surface area contributed by atoms with E-state index in [2.05, 4.69) is 9.97 Å². The Labute approximate surface area is 184 Å². The Balaban J connectivity index is 1.68. The van der Waals surface area contributed by atoms with E-state index in [0.717, 1.165) is 17.4 Å². The van der Waals surface area contributed by atoms with Gasteiger partial charge in [0, 0.05) is 24.2 Å². The second kappa shape index (κ2) is 8.08. The Bertz CT molecular complexity index is 1580. The fraction of sp³-hybridized carbons (Fsp3) is 0.286. The molecule has 5 aromatic heterocycles. The van der Waals surface area contributed by atoms with E-state index in [4.69, 9.17) is 4.42 Å². The first-order valence-corrected chi connectivity index (χ1v) is 11.1. The zero-order valence-electron chi connectivity index (χ0n) is 17.3. The van der Waals surface area contributed by atoms with Crippen LogP contribution in [-0.2, 0) is 19.6 Å². The van der Waals surface area contributed by atoms with Crippen LogP contribution in [0.2, 0.25) is 0 Å². The fourth-order valence-corrected chi connectivity index (χ4v) is 4.46. The average Bonchev–Trinajstić information content (AvgIpc) is 3.53. The first kappa shape index (κ1) is 20.2. The molecule has 0 atom stereocenters. The van der Waals surface area contributed by atoms with Crippen LogP contribution in [0.5, 0.6) is 0 Å². The Hall–Kier alpha value is -3.73. The summed E-state index contributed by atoms with van der Waals surface area (Å²) in [6.07, 6.45) is 6.40. The number of hydrogen-bond acceptors (Lipinski definition) is 7. The van der Waals surface area contributed by atoms with Crippen molar-refractivity contribution in [1.82, 2.24) is 28.1 Å². The molecule has 0 aliphatic carbocycles. The number of thiazole rings is 1. The quantitative estimate of drug-likeness (QED) is 0.373. The SMILES string of the molecule is CCCCn1c(=O)n(Cc2cc(=O)n3ccsc3n2)c(=O)c2c1ncn2Cc1ccco1. The van der Waals surface area contributed by atoms with Crippen molar-refractivity contribution >= 4 is 27.5 Å². The molecule has 0 fully saturated rings. The van der Waals surface area contributed by atoms with Crippen LogP contribution in [0.15, 0.2) is 61.2 Å². The first-order valence-electron chi connectivity index (χ1n) is 10.2. The van der Waals surface area contributed by atoms with E-state index in [9.17, 15) is 14.4 Å². The predicted octanol–water partition coefficient (Wildman–Crippen LogP) is 1.92. The van der Waals surface area contributed by atoms with Crippen molar-refractivity contribution in [2.24, 2.45) is 0 Å². The van der Waals surface area contributed by atoms with Crippen LogP contribution in [-0.4, -0.2) is 28.1 Å². The van der Waals surface area contributed by atoms with Gasteiger partial charge in [-0.2, -0.15) is 0 Å². The van der Waals surface area contributed by atoms with Crippen molar-refractivity contribution in [2.75, 3.05) is 0 Å². The number of rotatable bonds is 7. The number of nitrogens with zero attached hydrogens (tertiary/aromatic N) is 6. The van der Waals surface area contributed by atoms with Crippen LogP contribution in [0.3, 0.4) is 0 Å². The molecule has 0 saturated heterocycles. The third-order valence-corrected chi connectivity index (χ3v) is 6.06. The van der Waals surface area contributed by atoms with Crippen molar-refractivity contribution in [3.05, 3.63) is 85.0 Å². The van der Waals surface area contributed by atoms with Crippen LogP contribution in [0.25, 0.3) is 16.1 Å². The van der Waals surface area contributed by atoms with Crippen LogP contribution in [0.4, 0.5) is 0 Å². The Morgan fingerprint density at radius 2 is 2.03 bits per heavy atom. The highest BCUT2D eigenvalue weighted by atomic mass is 32.1. The van der Waals surface area contributed by atoms with E-state index in [1.807, 2.05) is 13.0 Å². The molecular weight excluding hydrogens is 432 g/mol. The summed E-state index contributed by atoms with van der Waals surface area (Å²) in [4.78, 5) is 48.4. The summed E-state index contributed by atoms with van der Waals surface area (Å²) in [7, 11) is 0. The van der Waals surface area contributed by atoms with Gasteiger partial charge in [-0.05, 0) is 18.6 Å². The lowest BCUT2D eigenvalue weighted by atomic mass is 10.3. The normalized spacial score (nSPS) is 11.7. The summed E-state index contributed by atoms with van der Waals surface area (Å²) in [6.45, 7) is 2.67. The zero-order valence-corrected chi connectivity index (χ0v) is 18.1. The molecule has 0 amide bonds. The van der Waals surface area contributed by atoms with Crippen molar-refractivity contribution in [1.29, 1.82) is 0 Å². The molecule has 0 aliphatic rings. The standard InChI is InChI=1S/C21H20N6O4S/c1-2-3-6-26-18-17(24(13-22-18)12-15-5-4-8-31-15)19(29)27(21(26)30)11-14-10-16(28)25-7-9-32-20(25)23-14/h4-5,7-10,13H,2-3,6,11-12H2,1H3. The van der Waals surface area contributed by atoms with Crippen LogP contribution in [0.1, 0.15) is 31.2 Å². The van der Waals surface area contributed by atoms with E-state index in [1.165, 1.54) is 26.4 Å². The van der Waals surface area contributed by atoms with Crippen LogP contribution < -0.4 is 16.8 Å². The van der Waals surface area contributed by atoms with E-state index in [0.29, 0.717) is 40.7 Å². The number of fused-ring (bicyclic) bond motifs is 2. The molecule has 164 valence electrons. The number of aromatic nitrogens is 6. The summed E-state index contributed by atoms with van der Waals surface area (Å²) < 4.78 is 11.2. The molecule has 0 saturated carbocycles. The van der Waals surface area contributed by atoms with Crippen molar-refractivity contribution in [3.63, 3.8) is 0 Å². The molecule has 0 aliphatic heterocycles. The Morgan fingerprint density at radius 1 is 1.16 bits per heavy atom. The van der Waals surface area contributed by atoms with E-state index in [-0.39, 0.29) is 12.1 Å². The molecule has 0 unspecified atom stereocenters. The maximum atomic E-state index is 13.4. The molecule has 10 nitrogen and oxygen atoms in total. The lowest BCUT2D eigenvalue weighted by Crippen LogP contribution is -2.41. The lowest BCUT2D eigenvalue weighted by Gasteiger charge is -2.12. The van der Waals surface area contributed by atoms with Crippen LogP contribution in [0, 0.1) is 0 Å². The monoisotopic (exact) mass is 452 g/mol. The molecule has 5 heterocycles. The first-order chi connectivity index (χ1) is 15.6. The molecule has 0 radical (unpaired) electrons. The third-order valence-electron chi connectivity index (χ3n) is 5.30. The van der Waals surface area contributed by atoms with Gasteiger partial charge in [-0.25, -0.2) is 14.8 Å². The molecule has 32 heavy (non-hydrogen) atoms. The summed E-state index contributed by atoms with van der Waals surface area (Å²) in [5.41, 5.74) is -0.184. The predicted molar refractivity (Wildman–Crippen MR) is 119 cm³/mol. The number of aryl methyl sites for hydroxylation is 1. The Morgan fingerprint density at radius 3 is 2.81 bits per heavy atom. The highest BCUT2D eigenvalue weighted by Gasteiger charge is 2.19. The molecule has 11 heteroatoms. The molecule has 0 spiro atoms. The highest BCUT2D eigenvalue weighted by Crippen LogP contribution is 2.12. The largest absolute Gasteiger partial charge is 0.467 e. The van der Waals surface area contributed by atoms with Gasteiger partial charge in [0.2, 0.25) is 0 Å². The zero-order chi connectivity index (χ0) is 22.2. The van der Waals surface area contributed by atoms with Crippen molar-refractivity contribution in [2.45, 2.75) is 39.4 Å². The van der Waals surface area contributed by atoms with E-state index < -0.39 is 11.2 Å². The number of hydrogen-bond donors (Lipinski definition) is 0. The van der Waals surface area contributed by atoms with Crippen molar-refractivity contribution < 1.29 is 4.42 Å². The molecule has 5 rings (SSSR count). The molecule has 0 bridgehead atoms. The Kier molecular flexibility index (Phi) is 5.10. The minimum Gasteiger partial charge on any atom is -0.467 e. The molecule has 0 N–H and O–H groups in total. The molecule has 5 aromatic rings. The topological polar surface area (TPSA) is 109 Å². The van der Waals surface area contributed by atoms with Gasteiger partial charge < -0.3 is 8.98 Å². The lowest BCUT2D eigenvalue weighted by molar-refractivity contribution is 0.495. The van der Waals surface area contributed by atoms with Gasteiger partial charge in [0.05, 0.1) is 31.4 Å². The second-order valence-corrected chi connectivity index (χ2v) is 8.32. The summed E-state index contributed by atoms with van der Waals surface area (Å²) in [5.74, 6) is 0.666. The summed E-state index contributed by atoms with van der Waals surface area (Å²) in [6, 6.07) is 4.94. The number of furan rings is 1. The van der Waals surface area contributed by atoms with Gasteiger partial charge in [0.25, 0.3) is 11.1 Å². The van der Waals surface area contributed by atoms with Gasteiger partial charge in [0.15, 0.2) is 16.1 Å². The van der Waals surface area contributed by atoms with Gasteiger partial charge in [-0.15, -0.1) is 11.3 Å². The third kappa shape index (κ3) is 3.40. The van der Waals surface area contributed by atoms with Crippen LogP contribution >= 0.6 is 11.3 Å². The number of imidazole rings is 1. The van der Waals surface area contributed by atoms with Gasteiger partial charge in [0.1, 0.15) is 5.76 Å². The smallest absolute Gasteiger partial charge is 0.333 e. The minimum absolute atomic E-state index is 0.102. The summed E-state index contributed by atoms with van der Waals surface area (Å²) in [5, 5.41) is 1.76. The minimum atomic E-state index is -0.477. The maximum absolute atomic E-state index is 13.4. The maximum Gasteiger partial charge on any atom is 0.333 e. The number of unbranched alkanes of at least 4 members (excludes halogenated alkanes) is 1. The summed E-state index contributed by atoms with van der Waals surface area (Å²) >= 11 is 1.31. The molecule has 0 aromatic carbocycles. The van der Waals surface area contributed by atoms with E-state index in [1.54, 1.807) is 34.8 Å². The van der Waals surface area contributed by atoms with E-state index >= 15 is 0 Å².